The Morgan fingerprint density at radius 1 is 1.15 bits per heavy atom. The molecule has 138 valence electrons. The van der Waals surface area contributed by atoms with Crippen LogP contribution in [0.5, 0.6) is 0 Å². The number of nitrogens with zero attached hydrogens (tertiary/aromatic N) is 2. The zero-order valence-corrected chi connectivity index (χ0v) is 14.9. The molecular formula is C20H19FN4O2. The molecule has 2 N–H and O–H groups in total. The van der Waals surface area contributed by atoms with Crippen molar-refractivity contribution < 1.29 is 9.18 Å². The molecule has 0 fully saturated rings. The number of nitrogens with one attached hydrogen (secondary N) is 2. The van der Waals surface area contributed by atoms with Crippen molar-refractivity contribution in [1.82, 2.24) is 20.3 Å². The average Bonchev–Trinajstić information content (AvgIpc) is 2.66. The number of halogens is 1. The van der Waals surface area contributed by atoms with Gasteiger partial charge in [-0.2, -0.15) is 0 Å². The smallest absolute Gasteiger partial charge is 0.254 e. The summed E-state index contributed by atoms with van der Waals surface area (Å²) in [4.78, 5) is 35.8. The molecule has 7 heteroatoms. The first-order valence-corrected chi connectivity index (χ1v) is 8.52. The second-order valence-corrected chi connectivity index (χ2v) is 6.43. The Labute approximate surface area is 155 Å². The van der Waals surface area contributed by atoms with Gasteiger partial charge >= 0.3 is 0 Å². The predicted octanol–water partition coefficient (Wildman–Crippen LogP) is 3.10. The van der Waals surface area contributed by atoms with Crippen LogP contribution in [-0.2, 0) is 0 Å². The number of carbonyl (C=O) groups is 1. The maximum Gasteiger partial charge on any atom is 0.254 e. The van der Waals surface area contributed by atoms with E-state index in [1.807, 2.05) is 13.8 Å². The van der Waals surface area contributed by atoms with E-state index in [1.54, 1.807) is 30.6 Å². The SMILES string of the molecule is CC(C)C(NC(=O)c1ccccc1F)c1cc(=O)[nH]c(-c2ccncc2)n1. The van der Waals surface area contributed by atoms with Crippen molar-refractivity contribution in [2.45, 2.75) is 19.9 Å². The fourth-order valence-electron chi connectivity index (χ4n) is 2.73. The van der Waals surface area contributed by atoms with E-state index in [9.17, 15) is 14.0 Å². The van der Waals surface area contributed by atoms with Crippen molar-refractivity contribution in [3.63, 3.8) is 0 Å². The van der Waals surface area contributed by atoms with E-state index in [-0.39, 0.29) is 17.0 Å². The molecule has 27 heavy (non-hydrogen) atoms. The predicted molar refractivity (Wildman–Crippen MR) is 99.5 cm³/mol. The summed E-state index contributed by atoms with van der Waals surface area (Å²) < 4.78 is 13.9. The Kier molecular flexibility index (Phi) is 5.40. The highest BCUT2D eigenvalue weighted by Gasteiger charge is 2.23. The fraction of sp³-hybridized carbons (Fsp3) is 0.200. The molecule has 0 saturated heterocycles. The summed E-state index contributed by atoms with van der Waals surface area (Å²) in [5.74, 6) is -0.848. The van der Waals surface area contributed by atoms with Crippen molar-refractivity contribution in [2.24, 2.45) is 5.92 Å². The van der Waals surface area contributed by atoms with Gasteiger partial charge in [0.25, 0.3) is 11.5 Å². The lowest BCUT2D eigenvalue weighted by atomic mass is 9.99. The number of hydrogen-bond acceptors (Lipinski definition) is 4. The molecule has 2 aromatic heterocycles. The third-order valence-corrected chi connectivity index (χ3v) is 4.11. The second-order valence-electron chi connectivity index (χ2n) is 6.43. The van der Waals surface area contributed by atoms with Crippen LogP contribution in [0.4, 0.5) is 4.39 Å². The molecule has 0 aliphatic carbocycles. The Morgan fingerprint density at radius 2 is 1.85 bits per heavy atom. The molecule has 1 amide bonds. The highest BCUT2D eigenvalue weighted by atomic mass is 19.1. The van der Waals surface area contributed by atoms with Crippen LogP contribution in [0.15, 0.2) is 59.7 Å². The monoisotopic (exact) mass is 366 g/mol. The van der Waals surface area contributed by atoms with Crippen LogP contribution < -0.4 is 10.9 Å². The highest BCUT2D eigenvalue weighted by Crippen LogP contribution is 2.22. The van der Waals surface area contributed by atoms with Gasteiger partial charge in [-0.05, 0) is 30.2 Å². The highest BCUT2D eigenvalue weighted by molar-refractivity contribution is 5.94. The number of carbonyl (C=O) groups excluding carboxylic acids is 1. The minimum atomic E-state index is -0.603. The molecule has 0 bridgehead atoms. The Hall–Kier alpha value is -3.35. The molecule has 1 unspecified atom stereocenters. The van der Waals surface area contributed by atoms with Gasteiger partial charge in [0.2, 0.25) is 0 Å². The van der Waals surface area contributed by atoms with Crippen LogP contribution in [0.1, 0.15) is 35.9 Å². The Morgan fingerprint density at radius 3 is 2.52 bits per heavy atom. The quantitative estimate of drug-likeness (QED) is 0.726. The maximum atomic E-state index is 13.9. The number of benzene rings is 1. The molecular weight excluding hydrogens is 347 g/mol. The molecule has 3 rings (SSSR count). The number of hydrogen-bond donors (Lipinski definition) is 2. The van der Waals surface area contributed by atoms with Crippen molar-refractivity contribution in [3.8, 4) is 11.4 Å². The van der Waals surface area contributed by atoms with Crippen molar-refractivity contribution in [2.75, 3.05) is 0 Å². The van der Waals surface area contributed by atoms with E-state index in [0.717, 1.165) is 0 Å². The Balaban J connectivity index is 1.96. The van der Waals surface area contributed by atoms with Gasteiger partial charge in [0.1, 0.15) is 11.6 Å². The molecule has 6 nitrogen and oxygen atoms in total. The van der Waals surface area contributed by atoms with Crippen molar-refractivity contribution in [3.05, 3.63) is 82.3 Å². The number of amides is 1. The van der Waals surface area contributed by atoms with Gasteiger partial charge in [-0.1, -0.05) is 26.0 Å². The molecule has 1 aromatic carbocycles. The molecule has 0 spiro atoms. The molecule has 0 saturated carbocycles. The lowest BCUT2D eigenvalue weighted by Gasteiger charge is -2.22. The standard InChI is InChI=1S/C20H19FN4O2/c1-12(2)18(25-20(27)14-5-3-4-6-15(14)21)16-11-17(26)24-19(23-16)13-7-9-22-10-8-13/h3-12,18H,1-2H3,(H,25,27)(H,23,24,26). The topological polar surface area (TPSA) is 87.7 Å². The summed E-state index contributed by atoms with van der Waals surface area (Å²) in [6.45, 7) is 3.78. The van der Waals surface area contributed by atoms with Gasteiger partial charge in [-0.3, -0.25) is 14.6 Å². The number of H-pyrrole nitrogens is 1. The summed E-state index contributed by atoms with van der Waals surface area (Å²) in [5.41, 5.74) is 0.720. The van der Waals surface area contributed by atoms with E-state index in [0.29, 0.717) is 17.1 Å². The van der Waals surface area contributed by atoms with Gasteiger partial charge in [-0.25, -0.2) is 9.37 Å². The van der Waals surface area contributed by atoms with Gasteiger partial charge in [0.15, 0.2) is 0 Å². The first-order valence-electron chi connectivity index (χ1n) is 8.52. The lowest BCUT2D eigenvalue weighted by Crippen LogP contribution is -2.33. The van der Waals surface area contributed by atoms with E-state index >= 15 is 0 Å². The number of aromatic amines is 1. The minimum Gasteiger partial charge on any atom is -0.343 e. The van der Waals surface area contributed by atoms with Crippen molar-refractivity contribution >= 4 is 5.91 Å². The van der Waals surface area contributed by atoms with Gasteiger partial charge in [0.05, 0.1) is 17.3 Å². The number of aromatic nitrogens is 3. The molecule has 0 radical (unpaired) electrons. The molecule has 2 heterocycles. The average molecular weight is 366 g/mol. The lowest BCUT2D eigenvalue weighted by molar-refractivity contribution is 0.0920. The van der Waals surface area contributed by atoms with E-state index in [2.05, 4.69) is 20.3 Å². The zero-order chi connectivity index (χ0) is 19.4. The van der Waals surface area contributed by atoms with E-state index in [1.165, 1.54) is 24.3 Å². The first-order chi connectivity index (χ1) is 13.0. The van der Waals surface area contributed by atoms with Gasteiger partial charge in [0, 0.05) is 24.0 Å². The van der Waals surface area contributed by atoms with Crippen LogP contribution in [0.3, 0.4) is 0 Å². The fourth-order valence-corrected chi connectivity index (χ4v) is 2.73. The van der Waals surface area contributed by atoms with Crippen molar-refractivity contribution in [1.29, 1.82) is 0 Å². The zero-order valence-electron chi connectivity index (χ0n) is 14.9. The minimum absolute atomic E-state index is 0.0534. The molecule has 0 aliphatic rings. The number of pyridine rings is 1. The van der Waals surface area contributed by atoms with Gasteiger partial charge < -0.3 is 10.3 Å². The first kappa shape index (κ1) is 18.4. The van der Waals surface area contributed by atoms with E-state index < -0.39 is 17.8 Å². The summed E-state index contributed by atoms with van der Waals surface area (Å²) in [5, 5.41) is 2.79. The Bertz CT molecular complexity index is 1000. The molecule has 1 atom stereocenters. The van der Waals surface area contributed by atoms with Crippen LogP contribution in [-0.4, -0.2) is 20.9 Å². The summed E-state index contributed by atoms with van der Waals surface area (Å²) >= 11 is 0. The van der Waals surface area contributed by atoms with Crippen LogP contribution in [0.2, 0.25) is 0 Å². The van der Waals surface area contributed by atoms with E-state index in [4.69, 9.17) is 0 Å². The largest absolute Gasteiger partial charge is 0.343 e. The summed E-state index contributed by atoms with van der Waals surface area (Å²) in [7, 11) is 0. The maximum absolute atomic E-state index is 13.9. The third-order valence-electron chi connectivity index (χ3n) is 4.11. The second kappa shape index (κ2) is 7.90. The molecule has 0 aliphatic heterocycles. The van der Waals surface area contributed by atoms with Crippen LogP contribution in [0.25, 0.3) is 11.4 Å². The van der Waals surface area contributed by atoms with Gasteiger partial charge in [-0.15, -0.1) is 0 Å². The molecule has 3 aromatic rings. The normalized spacial score (nSPS) is 12.0. The van der Waals surface area contributed by atoms with Crippen LogP contribution >= 0.6 is 0 Å². The number of rotatable bonds is 5. The van der Waals surface area contributed by atoms with Crippen LogP contribution in [0, 0.1) is 11.7 Å². The third kappa shape index (κ3) is 4.25. The summed E-state index contributed by atoms with van der Waals surface area (Å²) in [6.07, 6.45) is 3.20. The summed E-state index contributed by atoms with van der Waals surface area (Å²) in [6, 6.07) is 9.99.